The average molecular weight is 278 g/mol. The molecule has 20 heavy (non-hydrogen) atoms. The van der Waals surface area contributed by atoms with E-state index < -0.39 is 17.8 Å². The number of hydrogen-bond donors (Lipinski definition) is 0. The second kappa shape index (κ2) is 7.95. The first-order valence-corrected chi connectivity index (χ1v) is 6.19. The minimum Gasteiger partial charge on any atom is -0.465 e. The van der Waals surface area contributed by atoms with Crippen molar-refractivity contribution in [3.8, 4) is 11.8 Å². The third kappa shape index (κ3) is 4.73. The summed E-state index contributed by atoms with van der Waals surface area (Å²) in [5.41, 5.74) is 0.258. The average Bonchev–Trinajstić information content (AvgIpc) is 2.41. The molecule has 0 radical (unpaired) electrons. The summed E-state index contributed by atoms with van der Waals surface area (Å²) in [7, 11) is 0. The number of rotatable bonds is 4. The highest BCUT2D eigenvalue weighted by Crippen LogP contribution is 2.11. The number of benzene rings is 1. The van der Waals surface area contributed by atoms with Gasteiger partial charge in [0.2, 0.25) is 0 Å². The summed E-state index contributed by atoms with van der Waals surface area (Å²) in [5, 5.41) is 0. The largest absolute Gasteiger partial charge is 0.465 e. The first-order chi connectivity index (χ1) is 9.58. The van der Waals surface area contributed by atoms with Crippen LogP contribution in [0, 0.1) is 17.7 Å². The van der Waals surface area contributed by atoms with Crippen LogP contribution in [-0.2, 0) is 14.3 Å². The zero-order valence-corrected chi connectivity index (χ0v) is 11.4. The van der Waals surface area contributed by atoms with Crippen LogP contribution in [0.4, 0.5) is 4.39 Å². The summed E-state index contributed by atoms with van der Waals surface area (Å²) in [6.07, 6.45) is -0.0556. The molecule has 0 spiro atoms. The molecule has 0 heterocycles. The highest BCUT2D eigenvalue weighted by atomic mass is 19.1. The van der Waals surface area contributed by atoms with Crippen molar-refractivity contribution in [1.82, 2.24) is 0 Å². The van der Waals surface area contributed by atoms with Crippen molar-refractivity contribution in [2.45, 2.75) is 20.3 Å². The predicted molar refractivity (Wildman–Crippen MR) is 70.5 cm³/mol. The monoisotopic (exact) mass is 278 g/mol. The normalized spacial score (nSPS) is 9.35. The number of carbonyl (C=O) groups is 2. The van der Waals surface area contributed by atoms with E-state index in [1.165, 1.54) is 12.1 Å². The molecule has 0 aliphatic heterocycles. The second-order valence-corrected chi connectivity index (χ2v) is 3.70. The highest BCUT2D eigenvalue weighted by molar-refractivity contribution is 5.90. The first-order valence-electron chi connectivity index (χ1n) is 6.19. The van der Waals surface area contributed by atoms with Gasteiger partial charge in [-0.05, 0) is 32.0 Å². The summed E-state index contributed by atoms with van der Waals surface area (Å²) in [6.45, 7) is 3.80. The van der Waals surface area contributed by atoms with Gasteiger partial charge in [0.1, 0.15) is 12.2 Å². The Balaban J connectivity index is 2.83. The standard InChI is InChI=1S/C15H15FO4/c1-3-19-14(17)7-5-6-11-8-9-13(16)12(10-11)15(18)20-4-2/h8-10H,3-4,7H2,1-2H3. The van der Waals surface area contributed by atoms with Gasteiger partial charge in [-0.3, -0.25) is 4.79 Å². The maximum Gasteiger partial charge on any atom is 0.341 e. The lowest BCUT2D eigenvalue weighted by Crippen LogP contribution is -2.07. The fraction of sp³-hybridized carbons (Fsp3) is 0.333. The SMILES string of the molecule is CCOC(=O)CC#Cc1ccc(F)c(C(=O)OCC)c1. The van der Waals surface area contributed by atoms with Gasteiger partial charge in [-0.1, -0.05) is 11.8 Å². The lowest BCUT2D eigenvalue weighted by Gasteiger charge is -2.03. The Morgan fingerprint density at radius 1 is 1.20 bits per heavy atom. The minimum atomic E-state index is -0.737. The van der Waals surface area contributed by atoms with E-state index in [1.807, 2.05) is 0 Å². The Hall–Kier alpha value is -2.35. The van der Waals surface area contributed by atoms with Crippen LogP contribution < -0.4 is 0 Å². The maximum atomic E-state index is 13.5. The van der Waals surface area contributed by atoms with Gasteiger partial charge in [0.05, 0.1) is 18.8 Å². The summed E-state index contributed by atoms with van der Waals surface area (Å²) in [4.78, 5) is 22.6. The van der Waals surface area contributed by atoms with Gasteiger partial charge in [0.15, 0.2) is 0 Å². The first kappa shape index (κ1) is 15.7. The minimum absolute atomic E-state index is 0.0556. The van der Waals surface area contributed by atoms with Gasteiger partial charge in [0.25, 0.3) is 0 Å². The third-order valence-electron chi connectivity index (χ3n) is 2.23. The zero-order valence-electron chi connectivity index (χ0n) is 11.4. The van der Waals surface area contributed by atoms with Crippen molar-refractivity contribution < 1.29 is 23.5 Å². The van der Waals surface area contributed by atoms with E-state index in [9.17, 15) is 14.0 Å². The van der Waals surface area contributed by atoms with Gasteiger partial charge in [-0.15, -0.1) is 0 Å². The lowest BCUT2D eigenvalue weighted by atomic mass is 10.1. The smallest absolute Gasteiger partial charge is 0.341 e. The highest BCUT2D eigenvalue weighted by Gasteiger charge is 2.12. The number of halogens is 1. The molecule has 0 fully saturated rings. The molecule has 0 aromatic heterocycles. The van der Waals surface area contributed by atoms with Crippen LogP contribution in [0.2, 0.25) is 0 Å². The number of ether oxygens (including phenoxy) is 2. The van der Waals surface area contributed by atoms with Crippen LogP contribution in [0.25, 0.3) is 0 Å². The number of carbonyl (C=O) groups excluding carboxylic acids is 2. The molecule has 5 heteroatoms. The third-order valence-corrected chi connectivity index (χ3v) is 2.23. The summed E-state index contributed by atoms with van der Waals surface area (Å²) in [6, 6.07) is 3.86. The molecular weight excluding hydrogens is 263 g/mol. The van der Waals surface area contributed by atoms with Crippen LogP contribution in [0.5, 0.6) is 0 Å². The predicted octanol–water partition coefficient (Wildman–Crippen LogP) is 2.31. The van der Waals surface area contributed by atoms with Gasteiger partial charge in [-0.2, -0.15) is 0 Å². The van der Waals surface area contributed by atoms with Gasteiger partial charge < -0.3 is 9.47 Å². The van der Waals surface area contributed by atoms with Crippen LogP contribution in [0.1, 0.15) is 36.2 Å². The Kier molecular flexibility index (Phi) is 6.24. The van der Waals surface area contributed by atoms with E-state index >= 15 is 0 Å². The molecule has 0 unspecified atom stereocenters. The van der Waals surface area contributed by atoms with E-state index in [1.54, 1.807) is 13.8 Å². The second-order valence-electron chi connectivity index (χ2n) is 3.70. The van der Waals surface area contributed by atoms with Crippen molar-refractivity contribution >= 4 is 11.9 Å². The van der Waals surface area contributed by atoms with Crippen LogP contribution in [0.15, 0.2) is 18.2 Å². The Bertz CT molecular complexity index is 555. The quantitative estimate of drug-likeness (QED) is 0.626. The van der Waals surface area contributed by atoms with E-state index in [0.717, 1.165) is 6.07 Å². The van der Waals surface area contributed by atoms with Crippen LogP contribution in [-0.4, -0.2) is 25.2 Å². The molecular formula is C15H15FO4. The van der Waals surface area contributed by atoms with Crippen molar-refractivity contribution in [2.75, 3.05) is 13.2 Å². The molecule has 0 bridgehead atoms. The molecule has 1 aromatic rings. The van der Waals surface area contributed by atoms with Crippen LogP contribution >= 0.6 is 0 Å². The molecule has 0 saturated heterocycles. The molecule has 0 atom stereocenters. The lowest BCUT2D eigenvalue weighted by molar-refractivity contribution is -0.141. The van der Waals surface area contributed by atoms with Crippen molar-refractivity contribution in [2.24, 2.45) is 0 Å². The molecule has 0 aliphatic rings. The fourth-order valence-electron chi connectivity index (χ4n) is 1.40. The molecule has 0 saturated carbocycles. The molecule has 0 N–H and O–H groups in total. The number of esters is 2. The molecule has 1 aromatic carbocycles. The van der Waals surface area contributed by atoms with E-state index in [0.29, 0.717) is 12.2 Å². The zero-order chi connectivity index (χ0) is 15.0. The fourth-order valence-corrected chi connectivity index (χ4v) is 1.40. The molecule has 0 aliphatic carbocycles. The molecule has 106 valence electrons. The van der Waals surface area contributed by atoms with Gasteiger partial charge in [0, 0.05) is 5.56 Å². The molecule has 1 rings (SSSR count). The molecule has 0 amide bonds. The summed E-state index contributed by atoms with van der Waals surface area (Å²) >= 11 is 0. The maximum absolute atomic E-state index is 13.5. The molecule has 4 nitrogen and oxygen atoms in total. The van der Waals surface area contributed by atoms with E-state index in [-0.39, 0.29) is 18.6 Å². The van der Waals surface area contributed by atoms with Crippen molar-refractivity contribution in [3.63, 3.8) is 0 Å². The van der Waals surface area contributed by atoms with Crippen LogP contribution in [0.3, 0.4) is 0 Å². The van der Waals surface area contributed by atoms with E-state index in [2.05, 4.69) is 11.8 Å². The topological polar surface area (TPSA) is 52.6 Å². The number of hydrogen-bond acceptors (Lipinski definition) is 4. The van der Waals surface area contributed by atoms with Gasteiger partial charge >= 0.3 is 11.9 Å². The summed E-state index contributed by atoms with van der Waals surface area (Å²) in [5.74, 6) is 3.45. The Morgan fingerprint density at radius 2 is 1.90 bits per heavy atom. The summed E-state index contributed by atoms with van der Waals surface area (Å²) < 4.78 is 22.9. The Morgan fingerprint density at radius 3 is 2.55 bits per heavy atom. The van der Waals surface area contributed by atoms with Crippen molar-refractivity contribution in [1.29, 1.82) is 0 Å². The van der Waals surface area contributed by atoms with E-state index in [4.69, 9.17) is 9.47 Å². The van der Waals surface area contributed by atoms with Crippen molar-refractivity contribution in [3.05, 3.63) is 35.1 Å². The Labute approximate surface area is 116 Å². The van der Waals surface area contributed by atoms with Gasteiger partial charge in [-0.25, -0.2) is 9.18 Å².